The first-order valence-corrected chi connectivity index (χ1v) is 8.69. The van der Waals surface area contributed by atoms with Gasteiger partial charge in [0.2, 0.25) is 0 Å². The van der Waals surface area contributed by atoms with Gasteiger partial charge in [0.1, 0.15) is 12.4 Å². The summed E-state index contributed by atoms with van der Waals surface area (Å²) in [7, 11) is 1.83. The number of pyridine rings is 1. The summed E-state index contributed by atoms with van der Waals surface area (Å²) in [5, 5.41) is 3.11. The van der Waals surface area contributed by atoms with Gasteiger partial charge in [0, 0.05) is 25.0 Å². The fourth-order valence-corrected chi connectivity index (χ4v) is 3.36. The molecule has 1 N–H and O–H groups in total. The first-order valence-electron chi connectivity index (χ1n) is 8.69. The van der Waals surface area contributed by atoms with Crippen molar-refractivity contribution < 1.29 is 9.53 Å². The van der Waals surface area contributed by atoms with Crippen LogP contribution in [-0.2, 0) is 0 Å². The first-order chi connectivity index (χ1) is 12.0. The third kappa shape index (κ3) is 3.31. The molecular weight excluding hydrogens is 314 g/mol. The maximum Gasteiger partial charge on any atom is 0.318 e. The fraction of sp³-hybridized carbons (Fsp3) is 0.400. The number of nitrogens with zero attached hydrogens (tertiary/aromatic N) is 2. The number of nitrogens with one attached hydrogen (secondary N) is 1. The second-order valence-electron chi connectivity index (χ2n) is 6.55. The van der Waals surface area contributed by atoms with Gasteiger partial charge in [-0.2, -0.15) is 0 Å². The van der Waals surface area contributed by atoms with Crippen LogP contribution in [0.3, 0.4) is 0 Å². The van der Waals surface area contributed by atoms with Crippen molar-refractivity contribution in [2.24, 2.45) is 0 Å². The van der Waals surface area contributed by atoms with E-state index < -0.39 is 0 Å². The van der Waals surface area contributed by atoms with E-state index in [1.54, 1.807) is 17.3 Å². The molecule has 0 spiro atoms. The topological polar surface area (TPSA) is 54.5 Å². The average molecular weight is 339 g/mol. The van der Waals surface area contributed by atoms with Crippen LogP contribution < -0.4 is 10.1 Å². The lowest BCUT2D eigenvalue weighted by Crippen LogP contribution is -2.41. The minimum Gasteiger partial charge on any atom is -0.490 e. The van der Waals surface area contributed by atoms with Crippen LogP contribution in [0.2, 0.25) is 0 Å². The quantitative estimate of drug-likeness (QED) is 0.918. The van der Waals surface area contributed by atoms with E-state index in [1.807, 2.05) is 19.2 Å². The Bertz CT molecular complexity index is 761. The molecule has 2 amide bonds. The molecule has 2 atom stereocenters. The third-order valence-electron chi connectivity index (χ3n) is 5.04. The van der Waals surface area contributed by atoms with Crippen molar-refractivity contribution >= 4 is 6.03 Å². The minimum atomic E-state index is -0.112. The number of rotatable bonds is 4. The summed E-state index contributed by atoms with van der Waals surface area (Å²) < 4.78 is 5.83. The average Bonchev–Trinajstić information content (AvgIpc) is 3.03. The SMILES string of the molecule is CC[C@H](c1ccncc1)N(C)C(=O)N[C@H]1COc2c1ccc(C)c2C. The monoisotopic (exact) mass is 339 g/mol. The van der Waals surface area contributed by atoms with Crippen LogP contribution >= 0.6 is 0 Å². The maximum absolute atomic E-state index is 12.8. The molecule has 0 saturated heterocycles. The van der Waals surface area contributed by atoms with E-state index in [-0.39, 0.29) is 18.1 Å². The van der Waals surface area contributed by atoms with Gasteiger partial charge in [-0.1, -0.05) is 19.1 Å². The Kier molecular flexibility index (Phi) is 4.93. The highest BCUT2D eigenvalue weighted by molar-refractivity contribution is 5.75. The van der Waals surface area contributed by atoms with Gasteiger partial charge in [0.15, 0.2) is 0 Å². The van der Waals surface area contributed by atoms with Gasteiger partial charge < -0.3 is 15.0 Å². The molecule has 5 nitrogen and oxygen atoms in total. The van der Waals surface area contributed by atoms with Crippen molar-refractivity contribution in [1.82, 2.24) is 15.2 Å². The number of ether oxygens (including phenoxy) is 1. The first kappa shape index (κ1) is 17.3. The molecule has 0 saturated carbocycles. The van der Waals surface area contributed by atoms with Crippen LogP contribution in [0.4, 0.5) is 4.79 Å². The normalized spacial score (nSPS) is 16.7. The van der Waals surface area contributed by atoms with Gasteiger partial charge in [0.05, 0.1) is 12.1 Å². The van der Waals surface area contributed by atoms with Gasteiger partial charge in [-0.25, -0.2) is 4.79 Å². The molecule has 1 aliphatic rings. The molecule has 0 fully saturated rings. The summed E-state index contributed by atoms with van der Waals surface area (Å²) in [6.45, 7) is 6.68. The van der Waals surface area contributed by atoms with Gasteiger partial charge in [-0.15, -0.1) is 0 Å². The Morgan fingerprint density at radius 3 is 2.72 bits per heavy atom. The predicted octanol–water partition coefficient (Wildman–Crippen LogP) is 3.92. The minimum absolute atomic E-state index is 0.0181. The van der Waals surface area contributed by atoms with Crippen LogP contribution in [0.25, 0.3) is 0 Å². The number of benzene rings is 1. The zero-order chi connectivity index (χ0) is 18.0. The lowest BCUT2D eigenvalue weighted by atomic mass is 10.0. The molecule has 1 aromatic carbocycles. The Balaban J connectivity index is 1.74. The second-order valence-corrected chi connectivity index (χ2v) is 6.55. The summed E-state index contributed by atoms with van der Waals surface area (Å²) in [5.74, 6) is 0.911. The van der Waals surface area contributed by atoms with E-state index in [9.17, 15) is 4.79 Å². The van der Waals surface area contributed by atoms with Crippen molar-refractivity contribution in [3.8, 4) is 5.75 Å². The van der Waals surface area contributed by atoms with E-state index in [4.69, 9.17) is 4.74 Å². The molecule has 2 aromatic rings. The van der Waals surface area contributed by atoms with Gasteiger partial charge >= 0.3 is 6.03 Å². The van der Waals surface area contributed by atoms with Crippen LogP contribution in [-0.4, -0.2) is 29.6 Å². The molecule has 1 aliphatic heterocycles. The van der Waals surface area contributed by atoms with Crippen LogP contribution in [0.5, 0.6) is 5.75 Å². The molecule has 25 heavy (non-hydrogen) atoms. The number of aromatic nitrogens is 1. The zero-order valence-corrected chi connectivity index (χ0v) is 15.2. The van der Waals surface area contributed by atoms with Gasteiger partial charge in [0.25, 0.3) is 0 Å². The van der Waals surface area contributed by atoms with Crippen molar-refractivity contribution in [2.75, 3.05) is 13.7 Å². The Labute approximate surface area is 149 Å². The fourth-order valence-electron chi connectivity index (χ4n) is 3.36. The molecule has 1 aromatic heterocycles. The zero-order valence-electron chi connectivity index (χ0n) is 15.2. The molecular formula is C20H25N3O2. The third-order valence-corrected chi connectivity index (χ3v) is 5.04. The van der Waals surface area contributed by atoms with E-state index in [2.05, 4.69) is 43.2 Å². The number of carbonyl (C=O) groups excluding carboxylic acids is 1. The molecule has 3 rings (SSSR count). The highest BCUT2D eigenvalue weighted by atomic mass is 16.5. The number of hydrogen-bond acceptors (Lipinski definition) is 3. The number of urea groups is 1. The Hall–Kier alpha value is -2.56. The van der Waals surface area contributed by atoms with Gasteiger partial charge in [-0.05, 0) is 49.1 Å². The number of carbonyl (C=O) groups is 1. The smallest absolute Gasteiger partial charge is 0.318 e. The number of fused-ring (bicyclic) bond motifs is 1. The second kappa shape index (κ2) is 7.13. The van der Waals surface area contributed by atoms with Crippen LogP contribution in [0.15, 0.2) is 36.7 Å². The molecule has 0 radical (unpaired) electrons. The van der Waals surface area contributed by atoms with Crippen molar-refractivity contribution in [3.05, 3.63) is 58.9 Å². The lowest BCUT2D eigenvalue weighted by Gasteiger charge is -2.29. The summed E-state index contributed by atoms with van der Waals surface area (Å²) >= 11 is 0. The van der Waals surface area contributed by atoms with Gasteiger partial charge in [-0.3, -0.25) is 4.98 Å². The Morgan fingerprint density at radius 1 is 1.32 bits per heavy atom. The summed E-state index contributed by atoms with van der Waals surface area (Å²) in [5.41, 5.74) is 4.49. The lowest BCUT2D eigenvalue weighted by molar-refractivity contribution is 0.181. The summed E-state index contributed by atoms with van der Waals surface area (Å²) in [6, 6.07) is 7.86. The molecule has 0 unspecified atom stereocenters. The highest BCUT2D eigenvalue weighted by Gasteiger charge is 2.29. The highest BCUT2D eigenvalue weighted by Crippen LogP contribution is 2.36. The molecule has 2 heterocycles. The van der Waals surface area contributed by atoms with E-state index in [1.165, 1.54) is 5.56 Å². The molecule has 132 valence electrons. The van der Waals surface area contributed by atoms with Crippen molar-refractivity contribution in [2.45, 2.75) is 39.3 Å². The van der Waals surface area contributed by atoms with Crippen LogP contribution in [0, 0.1) is 13.8 Å². The summed E-state index contributed by atoms with van der Waals surface area (Å²) in [4.78, 5) is 18.6. The maximum atomic E-state index is 12.8. The number of aryl methyl sites for hydroxylation is 1. The van der Waals surface area contributed by atoms with E-state index in [0.29, 0.717) is 6.61 Å². The molecule has 5 heteroatoms. The van der Waals surface area contributed by atoms with E-state index >= 15 is 0 Å². The van der Waals surface area contributed by atoms with Crippen molar-refractivity contribution in [3.63, 3.8) is 0 Å². The summed E-state index contributed by atoms with van der Waals surface area (Å²) in [6.07, 6.45) is 4.36. The van der Waals surface area contributed by atoms with Crippen molar-refractivity contribution in [1.29, 1.82) is 0 Å². The molecule has 0 aliphatic carbocycles. The van der Waals surface area contributed by atoms with Crippen LogP contribution in [0.1, 0.15) is 47.7 Å². The number of amides is 2. The standard InChI is InChI=1S/C20H25N3O2/c1-5-18(15-8-10-21-11-9-15)23(4)20(24)22-17-12-25-19-14(3)13(2)6-7-16(17)19/h6-11,17-18H,5,12H2,1-4H3,(H,22,24)/t17-,18+/m0/s1. The Morgan fingerprint density at radius 2 is 2.04 bits per heavy atom. The largest absolute Gasteiger partial charge is 0.490 e. The predicted molar refractivity (Wildman–Crippen MR) is 97.7 cm³/mol. The van der Waals surface area contributed by atoms with E-state index in [0.717, 1.165) is 28.9 Å². The molecule has 0 bridgehead atoms. The number of hydrogen-bond donors (Lipinski definition) is 1.